The maximum atomic E-state index is 11.8. The molecule has 0 aliphatic carbocycles. The molecule has 0 unspecified atom stereocenters. The monoisotopic (exact) mass is 252 g/mol. The number of carboxylic acid groups (broad SMARTS) is 1. The molecule has 0 radical (unpaired) electrons. The van der Waals surface area contributed by atoms with Gasteiger partial charge in [-0.25, -0.2) is 4.79 Å². The van der Waals surface area contributed by atoms with E-state index < -0.39 is 11.5 Å². The Labute approximate surface area is 104 Å². The molecule has 6 heteroatoms. The Morgan fingerprint density at radius 3 is 2.50 bits per heavy atom. The zero-order valence-corrected chi connectivity index (χ0v) is 10.6. The van der Waals surface area contributed by atoms with Crippen LogP contribution in [-0.2, 0) is 11.3 Å². The molecule has 18 heavy (non-hydrogen) atoms. The lowest BCUT2D eigenvalue weighted by Crippen LogP contribution is -2.37. The number of rotatable bonds is 4. The van der Waals surface area contributed by atoms with E-state index in [9.17, 15) is 14.4 Å². The second kappa shape index (κ2) is 5.48. The summed E-state index contributed by atoms with van der Waals surface area (Å²) < 4.78 is 1.19. The molecule has 1 aromatic rings. The van der Waals surface area contributed by atoms with Crippen LogP contribution in [0, 0.1) is 0 Å². The molecule has 1 N–H and O–H groups in total. The number of carbonyl (C=O) groups is 2. The van der Waals surface area contributed by atoms with Crippen LogP contribution in [0.3, 0.4) is 0 Å². The van der Waals surface area contributed by atoms with E-state index in [-0.39, 0.29) is 24.1 Å². The number of aromatic nitrogens is 1. The van der Waals surface area contributed by atoms with Crippen LogP contribution < -0.4 is 5.56 Å². The first-order valence-corrected chi connectivity index (χ1v) is 5.52. The van der Waals surface area contributed by atoms with Crippen molar-refractivity contribution >= 4 is 11.9 Å². The topological polar surface area (TPSA) is 79.6 Å². The second-order valence-corrected chi connectivity index (χ2v) is 4.29. The highest BCUT2D eigenvalue weighted by atomic mass is 16.4. The summed E-state index contributed by atoms with van der Waals surface area (Å²) in [5.41, 5.74) is -0.582. The molecule has 1 amide bonds. The van der Waals surface area contributed by atoms with Crippen LogP contribution in [0.2, 0.25) is 0 Å². The van der Waals surface area contributed by atoms with Crippen molar-refractivity contribution in [2.24, 2.45) is 0 Å². The van der Waals surface area contributed by atoms with Gasteiger partial charge in [0.05, 0.1) is 5.56 Å². The Morgan fingerprint density at radius 2 is 2.06 bits per heavy atom. The first-order chi connectivity index (χ1) is 8.32. The van der Waals surface area contributed by atoms with Crippen LogP contribution >= 0.6 is 0 Å². The van der Waals surface area contributed by atoms with Gasteiger partial charge in [-0.05, 0) is 19.9 Å². The minimum Gasteiger partial charge on any atom is -0.478 e. The largest absolute Gasteiger partial charge is 0.478 e. The van der Waals surface area contributed by atoms with Crippen LogP contribution in [0.15, 0.2) is 23.1 Å². The highest BCUT2D eigenvalue weighted by Gasteiger charge is 2.13. The summed E-state index contributed by atoms with van der Waals surface area (Å²) in [7, 11) is 1.66. The zero-order chi connectivity index (χ0) is 13.9. The van der Waals surface area contributed by atoms with Crippen molar-refractivity contribution in [2.45, 2.75) is 26.4 Å². The number of hydrogen-bond donors (Lipinski definition) is 1. The number of hydrogen-bond acceptors (Lipinski definition) is 3. The number of nitrogens with zero attached hydrogens (tertiary/aromatic N) is 2. The van der Waals surface area contributed by atoms with Gasteiger partial charge in [0.2, 0.25) is 5.91 Å². The van der Waals surface area contributed by atoms with Crippen molar-refractivity contribution in [1.82, 2.24) is 9.47 Å². The molecular formula is C12H16N2O4. The summed E-state index contributed by atoms with van der Waals surface area (Å²) in [6.45, 7) is 3.65. The van der Waals surface area contributed by atoms with E-state index in [4.69, 9.17) is 5.11 Å². The summed E-state index contributed by atoms with van der Waals surface area (Å²) in [5.74, 6) is -1.36. The second-order valence-electron chi connectivity index (χ2n) is 4.29. The van der Waals surface area contributed by atoms with Crippen LogP contribution in [-0.4, -0.2) is 39.5 Å². The summed E-state index contributed by atoms with van der Waals surface area (Å²) in [4.78, 5) is 35.6. The van der Waals surface area contributed by atoms with Gasteiger partial charge in [0, 0.05) is 25.4 Å². The van der Waals surface area contributed by atoms with Crippen LogP contribution in [0.25, 0.3) is 0 Å². The molecule has 0 aromatic carbocycles. The number of amides is 1. The fourth-order valence-corrected chi connectivity index (χ4v) is 1.32. The van der Waals surface area contributed by atoms with Crippen molar-refractivity contribution in [1.29, 1.82) is 0 Å². The number of carboxylic acids is 1. The van der Waals surface area contributed by atoms with Crippen molar-refractivity contribution in [2.75, 3.05) is 7.05 Å². The fraction of sp³-hybridized carbons (Fsp3) is 0.417. The molecule has 0 fully saturated rings. The molecule has 0 atom stereocenters. The van der Waals surface area contributed by atoms with Gasteiger partial charge in [0.15, 0.2) is 0 Å². The minimum absolute atomic E-state index is 0.0477. The Morgan fingerprint density at radius 1 is 1.44 bits per heavy atom. The molecule has 0 bridgehead atoms. The van der Waals surface area contributed by atoms with Gasteiger partial charge < -0.3 is 14.6 Å². The van der Waals surface area contributed by atoms with E-state index in [1.165, 1.54) is 21.7 Å². The molecule has 98 valence electrons. The number of likely N-dealkylation sites (N-methyl/N-ethyl adjacent to an activating group) is 1. The van der Waals surface area contributed by atoms with Crippen molar-refractivity contribution in [3.05, 3.63) is 34.2 Å². The summed E-state index contributed by atoms with van der Waals surface area (Å²) in [5, 5.41) is 8.72. The third-order valence-electron chi connectivity index (χ3n) is 2.72. The molecule has 1 heterocycles. The maximum Gasteiger partial charge on any atom is 0.335 e. The average Bonchev–Trinajstić information content (AvgIpc) is 2.30. The Kier molecular flexibility index (Phi) is 4.25. The predicted octanol–water partition coefficient (Wildman–Crippen LogP) is 0.413. The van der Waals surface area contributed by atoms with Gasteiger partial charge in [0.25, 0.3) is 5.56 Å². The first-order valence-electron chi connectivity index (χ1n) is 5.52. The van der Waals surface area contributed by atoms with Crippen LogP contribution in [0.5, 0.6) is 0 Å². The van der Waals surface area contributed by atoms with Crippen LogP contribution in [0.1, 0.15) is 24.2 Å². The van der Waals surface area contributed by atoms with Gasteiger partial charge in [-0.3, -0.25) is 9.59 Å². The normalized spacial score (nSPS) is 10.4. The average molecular weight is 252 g/mol. The van der Waals surface area contributed by atoms with Gasteiger partial charge in [0.1, 0.15) is 6.54 Å². The molecule has 0 spiro atoms. The number of carbonyl (C=O) groups excluding carboxylic acids is 1. The fourth-order valence-electron chi connectivity index (χ4n) is 1.32. The summed E-state index contributed by atoms with van der Waals surface area (Å²) in [6, 6.07) is 2.35. The highest BCUT2D eigenvalue weighted by Crippen LogP contribution is 1.98. The van der Waals surface area contributed by atoms with E-state index in [0.717, 1.165) is 6.07 Å². The third kappa shape index (κ3) is 3.19. The molecule has 0 saturated heterocycles. The Bertz CT molecular complexity index is 519. The van der Waals surface area contributed by atoms with E-state index in [0.29, 0.717) is 0 Å². The Balaban J connectivity index is 2.90. The molecule has 6 nitrogen and oxygen atoms in total. The van der Waals surface area contributed by atoms with Gasteiger partial charge >= 0.3 is 5.97 Å². The molecule has 1 aromatic heterocycles. The lowest BCUT2D eigenvalue weighted by molar-refractivity contribution is -0.132. The molecule has 0 aliphatic rings. The van der Waals surface area contributed by atoms with Gasteiger partial charge in [-0.2, -0.15) is 0 Å². The SMILES string of the molecule is CC(C)N(C)C(=O)Cn1ccc(C(=O)O)cc1=O. The van der Waals surface area contributed by atoms with Crippen molar-refractivity contribution in [3.8, 4) is 0 Å². The molecule has 0 saturated carbocycles. The minimum atomic E-state index is -1.16. The van der Waals surface area contributed by atoms with E-state index >= 15 is 0 Å². The zero-order valence-electron chi connectivity index (χ0n) is 10.6. The van der Waals surface area contributed by atoms with Crippen LogP contribution in [0.4, 0.5) is 0 Å². The number of aromatic carboxylic acids is 1. The smallest absolute Gasteiger partial charge is 0.335 e. The first kappa shape index (κ1) is 14.0. The summed E-state index contributed by atoms with van der Waals surface area (Å²) in [6.07, 6.45) is 1.32. The third-order valence-corrected chi connectivity index (χ3v) is 2.72. The lowest BCUT2D eigenvalue weighted by atomic mass is 10.2. The van der Waals surface area contributed by atoms with Crippen molar-refractivity contribution < 1.29 is 14.7 Å². The quantitative estimate of drug-likeness (QED) is 0.841. The van der Waals surface area contributed by atoms with Gasteiger partial charge in [-0.1, -0.05) is 0 Å². The van der Waals surface area contributed by atoms with E-state index in [2.05, 4.69) is 0 Å². The molecule has 1 rings (SSSR count). The molecular weight excluding hydrogens is 236 g/mol. The molecule has 0 aliphatic heterocycles. The predicted molar refractivity (Wildman–Crippen MR) is 65.6 cm³/mol. The summed E-state index contributed by atoms with van der Waals surface area (Å²) >= 11 is 0. The standard InChI is InChI=1S/C12H16N2O4/c1-8(2)13(3)11(16)7-14-5-4-9(12(17)18)6-10(14)15/h4-6,8H,7H2,1-3H3,(H,17,18). The highest BCUT2D eigenvalue weighted by molar-refractivity contribution is 5.87. The van der Waals surface area contributed by atoms with E-state index in [1.807, 2.05) is 13.8 Å². The maximum absolute atomic E-state index is 11.8. The van der Waals surface area contributed by atoms with E-state index in [1.54, 1.807) is 7.05 Å². The van der Waals surface area contributed by atoms with Gasteiger partial charge in [-0.15, -0.1) is 0 Å². The number of pyridine rings is 1. The lowest BCUT2D eigenvalue weighted by Gasteiger charge is -2.21. The Hall–Kier alpha value is -2.11. The van der Waals surface area contributed by atoms with Crippen molar-refractivity contribution in [3.63, 3.8) is 0 Å².